The fraction of sp³-hybridized carbons (Fsp3) is 0.444. The first kappa shape index (κ1) is 18.6. The van der Waals surface area contributed by atoms with Crippen molar-refractivity contribution in [2.24, 2.45) is 5.92 Å². The third-order valence-electron chi connectivity index (χ3n) is 3.91. The fourth-order valence-electron chi connectivity index (χ4n) is 2.64. The smallest absolute Gasteiger partial charge is 0.319 e. The van der Waals surface area contributed by atoms with Crippen LogP contribution in [-0.4, -0.2) is 30.3 Å². The molecule has 136 valence electrons. The first-order valence-electron chi connectivity index (χ1n) is 8.36. The minimum atomic E-state index is -0.770. The molecule has 1 aromatic rings. The second-order valence-corrected chi connectivity index (χ2v) is 5.76. The first-order valence-corrected chi connectivity index (χ1v) is 8.36. The Kier molecular flexibility index (Phi) is 6.27. The molecule has 0 saturated carbocycles. The van der Waals surface area contributed by atoms with Gasteiger partial charge in [-0.05, 0) is 31.0 Å². The van der Waals surface area contributed by atoms with E-state index >= 15 is 0 Å². The van der Waals surface area contributed by atoms with Crippen molar-refractivity contribution in [3.8, 4) is 11.5 Å². The summed E-state index contributed by atoms with van der Waals surface area (Å²) in [6.07, 6.45) is 1.68. The number of benzene rings is 1. The topological polar surface area (TPSA) is 96.9 Å². The molecule has 7 heteroatoms. The highest BCUT2D eigenvalue weighted by molar-refractivity contribution is 5.85. The Bertz CT molecular complexity index is 659. The van der Waals surface area contributed by atoms with Crippen LogP contribution in [0.4, 0.5) is 4.79 Å². The summed E-state index contributed by atoms with van der Waals surface area (Å²) >= 11 is 0. The second kappa shape index (κ2) is 8.41. The molecule has 1 aromatic carbocycles. The lowest BCUT2D eigenvalue weighted by Crippen LogP contribution is -2.51. The fourth-order valence-corrected chi connectivity index (χ4v) is 2.64. The van der Waals surface area contributed by atoms with Crippen LogP contribution in [0.3, 0.4) is 0 Å². The van der Waals surface area contributed by atoms with Gasteiger partial charge in [0.1, 0.15) is 5.92 Å². The molecule has 0 aromatic heterocycles. The van der Waals surface area contributed by atoms with Crippen LogP contribution in [0.5, 0.6) is 11.5 Å². The van der Waals surface area contributed by atoms with E-state index in [1.165, 1.54) is 6.07 Å². The Labute approximate surface area is 147 Å². The number of amides is 2. The van der Waals surface area contributed by atoms with E-state index in [9.17, 15) is 14.7 Å². The lowest BCUT2D eigenvalue weighted by Gasteiger charge is -2.33. The van der Waals surface area contributed by atoms with Crippen molar-refractivity contribution in [1.29, 1.82) is 0 Å². The van der Waals surface area contributed by atoms with Gasteiger partial charge >= 0.3 is 12.0 Å². The number of rotatable bonds is 7. The maximum Gasteiger partial charge on any atom is 0.319 e. The van der Waals surface area contributed by atoms with Crippen LogP contribution in [0.1, 0.15) is 38.3 Å². The monoisotopic (exact) mass is 348 g/mol. The van der Waals surface area contributed by atoms with Crippen molar-refractivity contribution in [1.82, 2.24) is 10.6 Å². The molecule has 1 heterocycles. The van der Waals surface area contributed by atoms with Gasteiger partial charge in [0.05, 0.1) is 19.3 Å². The van der Waals surface area contributed by atoms with Gasteiger partial charge in [-0.3, -0.25) is 4.79 Å². The highest BCUT2D eigenvalue weighted by Crippen LogP contribution is 2.35. The van der Waals surface area contributed by atoms with Crippen LogP contribution in [0.25, 0.3) is 0 Å². The second-order valence-electron chi connectivity index (χ2n) is 5.76. The summed E-state index contributed by atoms with van der Waals surface area (Å²) in [7, 11) is 0. The van der Waals surface area contributed by atoms with Gasteiger partial charge < -0.3 is 25.2 Å². The molecule has 2 atom stereocenters. The van der Waals surface area contributed by atoms with Gasteiger partial charge in [0.2, 0.25) is 0 Å². The van der Waals surface area contributed by atoms with E-state index < -0.39 is 24.0 Å². The van der Waals surface area contributed by atoms with Crippen molar-refractivity contribution < 1.29 is 24.2 Å². The van der Waals surface area contributed by atoms with Crippen molar-refractivity contribution in [3.05, 3.63) is 36.0 Å². The maximum absolute atomic E-state index is 12.5. The van der Waals surface area contributed by atoms with Gasteiger partial charge in [-0.2, -0.15) is 0 Å². The average molecular weight is 348 g/mol. The zero-order valence-corrected chi connectivity index (χ0v) is 14.5. The van der Waals surface area contributed by atoms with Crippen LogP contribution >= 0.6 is 0 Å². The lowest BCUT2D eigenvalue weighted by atomic mass is 9.89. The summed E-state index contributed by atoms with van der Waals surface area (Å²) in [5.74, 6) is -0.946. The molecule has 2 rings (SSSR count). The van der Waals surface area contributed by atoms with Crippen molar-refractivity contribution in [2.45, 2.75) is 32.7 Å². The number of carbonyl (C=O) groups excluding carboxylic acids is 2. The Hall–Kier alpha value is -2.70. The number of urea groups is 1. The number of carbonyl (C=O) groups is 2. The van der Waals surface area contributed by atoms with Crippen LogP contribution < -0.4 is 15.4 Å². The molecule has 7 nitrogen and oxygen atoms in total. The van der Waals surface area contributed by atoms with E-state index in [0.717, 1.165) is 12.8 Å². The molecule has 0 spiro atoms. The molecule has 25 heavy (non-hydrogen) atoms. The molecule has 0 unspecified atom stereocenters. The summed E-state index contributed by atoms with van der Waals surface area (Å²) in [6, 6.07) is 3.60. The summed E-state index contributed by atoms with van der Waals surface area (Å²) in [5, 5.41) is 15.1. The van der Waals surface area contributed by atoms with Crippen LogP contribution in [0.15, 0.2) is 30.5 Å². The molecule has 0 bridgehead atoms. The van der Waals surface area contributed by atoms with Crippen molar-refractivity contribution >= 4 is 12.0 Å². The Balaban J connectivity index is 2.30. The van der Waals surface area contributed by atoms with E-state index in [1.54, 1.807) is 19.1 Å². The van der Waals surface area contributed by atoms with Gasteiger partial charge in [-0.25, -0.2) is 4.79 Å². The number of unbranched alkanes of at least 4 members (excludes halogenated alkanes) is 1. The largest absolute Gasteiger partial charge is 0.504 e. The quantitative estimate of drug-likeness (QED) is 0.520. The van der Waals surface area contributed by atoms with Crippen molar-refractivity contribution in [2.75, 3.05) is 13.2 Å². The van der Waals surface area contributed by atoms with E-state index in [4.69, 9.17) is 9.47 Å². The van der Waals surface area contributed by atoms with Crippen LogP contribution in [0, 0.1) is 5.92 Å². The Morgan fingerprint density at radius 2 is 2.12 bits per heavy atom. The minimum absolute atomic E-state index is 0.00763. The van der Waals surface area contributed by atoms with Gasteiger partial charge in [-0.1, -0.05) is 26.0 Å². The number of aromatic hydroxyl groups is 1. The highest BCUT2D eigenvalue weighted by Gasteiger charge is 2.39. The molecule has 1 aliphatic heterocycles. The SMILES string of the molecule is C=C1NC(=O)N[C@@H](c2ccc(O)c(OCC)c2)[C@@H]1C(=O)OCCCC. The van der Waals surface area contributed by atoms with Gasteiger partial charge in [0.15, 0.2) is 11.5 Å². The molecule has 0 radical (unpaired) electrons. The molecule has 3 N–H and O–H groups in total. The van der Waals surface area contributed by atoms with E-state index in [2.05, 4.69) is 17.2 Å². The highest BCUT2D eigenvalue weighted by atomic mass is 16.5. The van der Waals surface area contributed by atoms with Gasteiger partial charge in [0, 0.05) is 5.70 Å². The minimum Gasteiger partial charge on any atom is -0.504 e. The average Bonchev–Trinajstić information content (AvgIpc) is 2.56. The zero-order valence-electron chi connectivity index (χ0n) is 14.5. The number of hydrogen-bond acceptors (Lipinski definition) is 5. The number of hydrogen-bond donors (Lipinski definition) is 3. The number of ether oxygens (including phenoxy) is 2. The van der Waals surface area contributed by atoms with E-state index in [1.807, 2.05) is 6.92 Å². The van der Waals surface area contributed by atoms with E-state index in [-0.39, 0.29) is 17.2 Å². The summed E-state index contributed by atoms with van der Waals surface area (Å²) < 4.78 is 10.7. The van der Waals surface area contributed by atoms with Crippen molar-refractivity contribution in [3.63, 3.8) is 0 Å². The lowest BCUT2D eigenvalue weighted by molar-refractivity contribution is -0.148. The zero-order chi connectivity index (χ0) is 18.4. The van der Waals surface area contributed by atoms with Crippen LogP contribution in [-0.2, 0) is 9.53 Å². The number of nitrogens with one attached hydrogen (secondary N) is 2. The van der Waals surface area contributed by atoms with Gasteiger partial charge in [-0.15, -0.1) is 0 Å². The molecule has 0 aliphatic carbocycles. The predicted molar refractivity (Wildman–Crippen MR) is 92.2 cm³/mol. The number of esters is 1. The number of phenols is 1. The molecule has 1 aliphatic rings. The molecule has 1 saturated heterocycles. The van der Waals surface area contributed by atoms with E-state index in [0.29, 0.717) is 18.8 Å². The predicted octanol–water partition coefficient (Wildman–Crippen LogP) is 2.62. The summed E-state index contributed by atoms with van der Waals surface area (Å²) in [5.41, 5.74) is 0.899. The first-order chi connectivity index (χ1) is 12.0. The Morgan fingerprint density at radius 3 is 2.80 bits per heavy atom. The maximum atomic E-state index is 12.5. The molecular formula is C18H24N2O5. The molecular weight excluding hydrogens is 324 g/mol. The third kappa shape index (κ3) is 4.43. The Morgan fingerprint density at radius 1 is 1.36 bits per heavy atom. The van der Waals surface area contributed by atoms with Crippen LogP contribution in [0.2, 0.25) is 0 Å². The third-order valence-corrected chi connectivity index (χ3v) is 3.91. The van der Waals surface area contributed by atoms with Gasteiger partial charge in [0.25, 0.3) is 0 Å². The standard InChI is InChI=1S/C18H24N2O5/c1-4-6-9-25-17(22)15-11(3)19-18(23)20-16(15)12-7-8-13(21)14(10-12)24-5-2/h7-8,10,15-16,21H,3-6,9H2,1-2H3,(H2,19,20,23)/t15-,16+/m1/s1. The normalized spacial score (nSPS) is 19.8. The molecule has 2 amide bonds. The summed E-state index contributed by atoms with van der Waals surface area (Å²) in [6.45, 7) is 8.30. The number of phenolic OH excluding ortho intramolecular Hbond substituents is 1. The summed E-state index contributed by atoms with van der Waals surface area (Å²) in [4.78, 5) is 24.3. The molecule has 1 fully saturated rings.